The van der Waals surface area contributed by atoms with Crippen LogP contribution in [0.3, 0.4) is 0 Å². The maximum absolute atomic E-state index is 12.8. The predicted octanol–water partition coefficient (Wildman–Crippen LogP) is 3.63. The van der Waals surface area contributed by atoms with Crippen molar-refractivity contribution in [2.24, 2.45) is 0 Å². The van der Waals surface area contributed by atoms with Crippen LogP contribution in [0.1, 0.15) is 23.6 Å². The number of nitrogens with zero attached hydrogens (tertiary/aromatic N) is 1. The zero-order valence-electron chi connectivity index (χ0n) is 8.03. The molecule has 1 aliphatic rings. The van der Waals surface area contributed by atoms with Gasteiger partial charge in [0, 0.05) is 10.4 Å². The fourth-order valence-electron chi connectivity index (χ4n) is 1.66. The van der Waals surface area contributed by atoms with E-state index in [1.165, 1.54) is 29.9 Å². The van der Waals surface area contributed by atoms with Crippen molar-refractivity contribution >= 4 is 11.3 Å². The first-order chi connectivity index (χ1) is 7.34. The van der Waals surface area contributed by atoms with E-state index in [4.69, 9.17) is 0 Å². The molecule has 1 aromatic carbocycles. The summed E-state index contributed by atoms with van der Waals surface area (Å²) in [6.45, 7) is 0. The molecule has 3 rings (SSSR count). The Labute approximate surface area is 91.6 Å². The Hall–Kier alpha value is -1.22. The molecule has 0 atom stereocenters. The molecule has 1 nitrogen and oxygen atoms in total. The van der Waals surface area contributed by atoms with E-state index in [2.05, 4.69) is 10.5 Å². The van der Waals surface area contributed by atoms with E-state index in [9.17, 15) is 4.39 Å². The zero-order valence-corrected chi connectivity index (χ0v) is 8.85. The molecule has 0 saturated heterocycles. The van der Waals surface area contributed by atoms with Gasteiger partial charge in [0.1, 0.15) is 5.82 Å². The molecule has 0 aliphatic heterocycles. The van der Waals surface area contributed by atoms with Crippen LogP contribution in [-0.4, -0.2) is 4.98 Å². The molecule has 1 aliphatic carbocycles. The molecule has 0 amide bonds. The second-order valence-corrected chi connectivity index (χ2v) is 4.63. The van der Waals surface area contributed by atoms with Crippen LogP contribution >= 0.6 is 11.3 Å². The molecule has 1 radical (unpaired) electrons. The lowest BCUT2D eigenvalue weighted by Crippen LogP contribution is -1.83. The van der Waals surface area contributed by atoms with Crippen molar-refractivity contribution < 1.29 is 4.39 Å². The summed E-state index contributed by atoms with van der Waals surface area (Å²) in [6.07, 6.45) is 2.51. The summed E-state index contributed by atoms with van der Waals surface area (Å²) in [6, 6.07) is 6.52. The first-order valence-electron chi connectivity index (χ1n) is 4.97. The summed E-state index contributed by atoms with van der Waals surface area (Å²) in [7, 11) is 0. The number of rotatable bonds is 2. The van der Waals surface area contributed by atoms with Gasteiger partial charge in [0.05, 0.1) is 5.69 Å². The Morgan fingerprint density at radius 1 is 1.27 bits per heavy atom. The maximum atomic E-state index is 12.8. The van der Waals surface area contributed by atoms with E-state index in [0.29, 0.717) is 5.92 Å². The third-order valence-electron chi connectivity index (χ3n) is 2.61. The van der Waals surface area contributed by atoms with Crippen LogP contribution in [0.15, 0.2) is 24.3 Å². The first kappa shape index (κ1) is 9.04. The molecule has 1 fully saturated rings. The van der Waals surface area contributed by atoms with Gasteiger partial charge in [-0.15, -0.1) is 11.3 Å². The first-order valence-corrected chi connectivity index (χ1v) is 5.79. The molecule has 2 aromatic rings. The van der Waals surface area contributed by atoms with Gasteiger partial charge in [-0.05, 0) is 43.0 Å². The van der Waals surface area contributed by atoms with Gasteiger partial charge in [-0.1, -0.05) is 0 Å². The van der Waals surface area contributed by atoms with E-state index >= 15 is 0 Å². The molecule has 75 valence electrons. The zero-order chi connectivity index (χ0) is 10.3. The molecule has 0 spiro atoms. The number of hydrogen-bond acceptors (Lipinski definition) is 2. The van der Waals surface area contributed by atoms with E-state index in [0.717, 1.165) is 11.3 Å². The standard InChI is InChI=1S/C12H9FNS/c13-10-5-3-8(4-6-10)11-12(9-1-2-9)15-7-14-11/h3-6,9H,1-2H2. The number of benzene rings is 1. The molecular formula is C12H9FNS. The second kappa shape index (κ2) is 3.42. The normalized spacial score (nSPS) is 15.5. The van der Waals surface area contributed by atoms with Gasteiger partial charge >= 0.3 is 0 Å². The highest BCUT2D eigenvalue weighted by Crippen LogP contribution is 2.45. The minimum Gasteiger partial charge on any atom is -0.233 e. The van der Waals surface area contributed by atoms with Gasteiger partial charge in [-0.3, -0.25) is 0 Å². The van der Waals surface area contributed by atoms with Crippen molar-refractivity contribution in [3.63, 3.8) is 0 Å². The number of thiazole rings is 1. The SMILES string of the molecule is Fc1ccc(-c2n[c]sc2C2CC2)cc1. The Bertz CT molecular complexity index is 471. The van der Waals surface area contributed by atoms with Gasteiger partial charge in [-0.2, -0.15) is 0 Å². The van der Waals surface area contributed by atoms with Crippen molar-refractivity contribution in [1.29, 1.82) is 0 Å². The van der Waals surface area contributed by atoms with Crippen molar-refractivity contribution in [1.82, 2.24) is 4.98 Å². The molecule has 0 unspecified atom stereocenters. The lowest BCUT2D eigenvalue weighted by molar-refractivity contribution is 0.628. The third kappa shape index (κ3) is 1.67. The van der Waals surface area contributed by atoms with Crippen LogP contribution in [0.2, 0.25) is 0 Å². The Morgan fingerprint density at radius 2 is 2.00 bits per heavy atom. The van der Waals surface area contributed by atoms with Crippen LogP contribution in [0, 0.1) is 11.3 Å². The number of hydrogen-bond donors (Lipinski definition) is 0. The van der Waals surface area contributed by atoms with Gasteiger partial charge in [0.2, 0.25) is 0 Å². The van der Waals surface area contributed by atoms with Crippen LogP contribution in [0.4, 0.5) is 4.39 Å². The lowest BCUT2D eigenvalue weighted by Gasteiger charge is -2.00. The van der Waals surface area contributed by atoms with Crippen LogP contribution in [0.5, 0.6) is 0 Å². The molecule has 0 bridgehead atoms. The Morgan fingerprint density at radius 3 is 2.67 bits per heavy atom. The van der Waals surface area contributed by atoms with Crippen LogP contribution in [-0.2, 0) is 0 Å². The topological polar surface area (TPSA) is 12.9 Å². The van der Waals surface area contributed by atoms with E-state index in [-0.39, 0.29) is 5.82 Å². The smallest absolute Gasteiger partial charge is 0.153 e. The Balaban J connectivity index is 2.04. The Kier molecular flexibility index (Phi) is 2.06. The summed E-state index contributed by atoms with van der Waals surface area (Å²) in [5.41, 5.74) is 4.92. The molecule has 1 aromatic heterocycles. The summed E-state index contributed by atoms with van der Waals surface area (Å²) < 4.78 is 12.8. The van der Waals surface area contributed by atoms with Gasteiger partial charge in [0.25, 0.3) is 0 Å². The number of halogens is 1. The minimum atomic E-state index is -0.203. The average Bonchev–Trinajstić information content (AvgIpc) is 2.98. The van der Waals surface area contributed by atoms with Gasteiger partial charge < -0.3 is 0 Å². The predicted molar refractivity (Wildman–Crippen MR) is 58.3 cm³/mol. The molecule has 15 heavy (non-hydrogen) atoms. The van der Waals surface area contributed by atoms with E-state index < -0.39 is 0 Å². The summed E-state index contributed by atoms with van der Waals surface area (Å²) in [5, 5.41) is 0. The molecule has 0 N–H and O–H groups in total. The summed E-state index contributed by atoms with van der Waals surface area (Å²) in [5.74, 6) is 0.472. The fraction of sp³-hybridized carbons (Fsp3) is 0.250. The maximum Gasteiger partial charge on any atom is 0.153 e. The quantitative estimate of drug-likeness (QED) is 0.750. The lowest BCUT2D eigenvalue weighted by atomic mass is 10.1. The van der Waals surface area contributed by atoms with Gasteiger partial charge in [-0.25, -0.2) is 9.37 Å². The monoisotopic (exact) mass is 218 g/mol. The van der Waals surface area contributed by atoms with Crippen molar-refractivity contribution in [2.45, 2.75) is 18.8 Å². The van der Waals surface area contributed by atoms with Crippen molar-refractivity contribution in [3.8, 4) is 11.3 Å². The average molecular weight is 218 g/mol. The molecule has 3 heteroatoms. The molecular weight excluding hydrogens is 209 g/mol. The molecule has 1 heterocycles. The van der Waals surface area contributed by atoms with E-state index in [1.807, 2.05) is 0 Å². The highest BCUT2D eigenvalue weighted by molar-refractivity contribution is 7.09. The second-order valence-electron chi connectivity index (χ2n) is 3.80. The third-order valence-corrected chi connectivity index (χ3v) is 3.54. The van der Waals surface area contributed by atoms with Crippen molar-refractivity contribution in [3.05, 3.63) is 40.5 Å². The molecule has 1 saturated carbocycles. The highest BCUT2D eigenvalue weighted by atomic mass is 32.1. The van der Waals surface area contributed by atoms with E-state index in [1.54, 1.807) is 23.5 Å². The fourth-order valence-corrected chi connectivity index (χ4v) is 2.56. The summed E-state index contributed by atoms with van der Waals surface area (Å²) >= 11 is 1.59. The van der Waals surface area contributed by atoms with Gasteiger partial charge in [0.15, 0.2) is 5.51 Å². The van der Waals surface area contributed by atoms with Crippen LogP contribution < -0.4 is 0 Å². The number of aromatic nitrogens is 1. The summed E-state index contributed by atoms with van der Waals surface area (Å²) in [4.78, 5) is 5.56. The minimum absolute atomic E-state index is 0.203. The van der Waals surface area contributed by atoms with Crippen LogP contribution in [0.25, 0.3) is 11.3 Å². The van der Waals surface area contributed by atoms with Crippen molar-refractivity contribution in [2.75, 3.05) is 0 Å². The largest absolute Gasteiger partial charge is 0.233 e. The highest BCUT2D eigenvalue weighted by Gasteiger charge is 2.28.